The fourth-order valence-corrected chi connectivity index (χ4v) is 5.20. The minimum absolute atomic E-state index is 0.0736. The third-order valence-corrected chi connectivity index (χ3v) is 6.45. The van der Waals surface area contributed by atoms with Gasteiger partial charge in [0.1, 0.15) is 10.9 Å². The third kappa shape index (κ3) is 2.24. The van der Waals surface area contributed by atoms with Crippen LogP contribution in [-0.4, -0.2) is 15.5 Å². The highest BCUT2D eigenvalue weighted by atomic mass is 32.1. The van der Waals surface area contributed by atoms with Gasteiger partial charge in [0.2, 0.25) is 5.91 Å². The number of nitrogens with zero attached hydrogens (tertiary/aromatic N) is 2. The molecule has 0 radical (unpaired) electrons. The molecule has 3 aromatic rings. The number of carbonyl (C=O) groups is 1. The Morgan fingerprint density at radius 3 is 2.96 bits per heavy atom. The fraction of sp³-hybridized carbons (Fsp3) is 0.316. The van der Waals surface area contributed by atoms with E-state index in [4.69, 9.17) is 0 Å². The molecule has 2 aromatic heterocycles. The summed E-state index contributed by atoms with van der Waals surface area (Å²) in [4.78, 5) is 32.5. The molecule has 0 spiro atoms. The van der Waals surface area contributed by atoms with Gasteiger partial charge < -0.3 is 5.32 Å². The van der Waals surface area contributed by atoms with Crippen molar-refractivity contribution in [3.8, 4) is 0 Å². The lowest BCUT2D eigenvalue weighted by atomic mass is 10.1. The standard InChI is InChI=1S/C19H17N3O2S/c23-17-14(9-8-11-4-1-2-6-13(11)21-17)22-10-20-18-16(19(22)24)12-5-3-7-15(12)25-18/h1-2,4,6,10,14H,3,5,7-9H2,(H,21,23)/t14-/m1/s1. The van der Waals surface area contributed by atoms with Crippen molar-refractivity contribution in [2.45, 2.75) is 38.1 Å². The largest absolute Gasteiger partial charge is 0.324 e. The van der Waals surface area contributed by atoms with Crippen LogP contribution >= 0.6 is 11.3 Å². The van der Waals surface area contributed by atoms with Crippen LogP contribution in [0.25, 0.3) is 10.2 Å². The normalized spacial score (nSPS) is 19.4. The van der Waals surface area contributed by atoms with E-state index in [2.05, 4.69) is 10.3 Å². The smallest absolute Gasteiger partial charge is 0.263 e. The number of hydrogen-bond acceptors (Lipinski definition) is 4. The Bertz CT molecular complexity index is 1070. The number of thiophene rings is 1. The van der Waals surface area contributed by atoms with E-state index < -0.39 is 6.04 Å². The van der Waals surface area contributed by atoms with Gasteiger partial charge in [0, 0.05) is 10.6 Å². The van der Waals surface area contributed by atoms with E-state index in [0.29, 0.717) is 6.42 Å². The maximum absolute atomic E-state index is 13.1. The molecule has 6 heteroatoms. The first-order valence-corrected chi connectivity index (χ1v) is 9.44. The topological polar surface area (TPSA) is 64.0 Å². The van der Waals surface area contributed by atoms with E-state index >= 15 is 0 Å². The molecular weight excluding hydrogens is 334 g/mol. The number of aryl methyl sites for hydroxylation is 3. The second-order valence-corrected chi connectivity index (χ2v) is 7.78. The zero-order valence-electron chi connectivity index (χ0n) is 13.6. The number of anilines is 1. The molecular formula is C19H17N3O2S. The molecule has 1 amide bonds. The summed E-state index contributed by atoms with van der Waals surface area (Å²) in [5, 5.41) is 3.70. The van der Waals surface area contributed by atoms with Crippen molar-refractivity contribution in [2.24, 2.45) is 0 Å². The zero-order valence-corrected chi connectivity index (χ0v) is 14.4. The van der Waals surface area contributed by atoms with Gasteiger partial charge >= 0.3 is 0 Å². The van der Waals surface area contributed by atoms with Crippen molar-refractivity contribution in [1.29, 1.82) is 0 Å². The molecule has 5 nitrogen and oxygen atoms in total. The van der Waals surface area contributed by atoms with Crippen molar-refractivity contribution in [2.75, 3.05) is 5.32 Å². The fourth-order valence-electron chi connectivity index (χ4n) is 3.98. The molecule has 0 fully saturated rings. The summed E-state index contributed by atoms with van der Waals surface area (Å²) in [5.41, 5.74) is 3.03. The highest BCUT2D eigenvalue weighted by Gasteiger charge is 2.28. The van der Waals surface area contributed by atoms with Gasteiger partial charge in [0.15, 0.2) is 0 Å². The first-order valence-electron chi connectivity index (χ1n) is 8.62. The molecule has 0 saturated heterocycles. The second kappa shape index (κ2) is 5.52. The highest BCUT2D eigenvalue weighted by Crippen LogP contribution is 2.35. The third-order valence-electron chi connectivity index (χ3n) is 5.25. The minimum atomic E-state index is -0.520. The molecule has 1 aliphatic heterocycles. The van der Waals surface area contributed by atoms with Crippen LogP contribution in [0.4, 0.5) is 5.69 Å². The Balaban J connectivity index is 1.61. The maximum atomic E-state index is 13.1. The molecule has 0 bridgehead atoms. The molecule has 5 rings (SSSR count). The molecule has 0 unspecified atom stereocenters. The number of rotatable bonds is 1. The quantitative estimate of drug-likeness (QED) is 0.733. The van der Waals surface area contributed by atoms with Gasteiger partial charge in [-0.2, -0.15) is 0 Å². The predicted molar refractivity (Wildman–Crippen MR) is 98.3 cm³/mol. The van der Waals surface area contributed by atoms with E-state index in [9.17, 15) is 9.59 Å². The monoisotopic (exact) mass is 351 g/mol. The Hall–Kier alpha value is -2.47. The van der Waals surface area contributed by atoms with Crippen molar-refractivity contribution in [3.63, 3.8) is 0 Å². The number of aromatic nitrogens is 2. The van der Waals surface area contributed by atoms with Gasteiger partial charge in [-0.15, -0.1) is 11.3 Å². The van der Waals surface area contributed by atoms with Gasteiger partial charge in [-0.25, -0.2) is 4.98 Å². The molecule has 126 valence electrons. The summed E-state index contributed by atoms with van der Waals surface area (Å²) >= 11 is 1.63. The van der Waals surface area contributed by atoms with Gasteiger partial charge in [0.05, 0.1) is 11.7 Å². The van der Waals surface area contributed by atoms with Crippen molar-refractivity contribution in [3.05, 3.63) is 57.0 Å². The van der Waals surface area contributed by atoms with Crippen LogP contribution in [0.15, 0.2) is 35.4 Å². The molecule has 0 saturated carbocycles. The molecule has 1 N–H and O–H groups in total. The summed E-state index contributed by atoms with van der Waals surface area (Å²) < 4.78 is 1.54. The van der Waals surface area contributed by atoms with Crippen molar-refractivity contribution in [1.82, 2.24) is 9.55 Å². The Morgan fingerprint density at radius 1 is 1.16 bits per heavy atom. The highest BCUT2D eigenvalue weighted by molar-refractivity contribution is 7.18. The van der Waals surface area contributed by atoms with E-state index in [1.54, 1.807) is 17.7 Å². The van der Waals surface area contributed by atoms with E-state index in [1.165, 1.54) is 9.44 Å². The van der Waals surface area contributed by atoms with Crippen LogP contribution in [0, 0.1) is 0 Å². The van der Waals surface area contributed by atoms with Crippen LogP contribution in [0.3, 0.4) is 0 Å². The molecule has 1 aliphatic carbocycles. The zero-order chi connectivity index (χ0) is 17.0. The van der Waals surface area contributed by atoms with Gasteiger partial charge in [-0.3, -0.25) is 14.2 Å². The Morgan fingerprint density at radius 2 is 2.04 bits per heavy atom. The maximum Gasteiger partial charge on any atom is 0.263 e. The number of nitrogens with one attached hydrogen (secondary N) is 1. The summed E-state index contributed by atoms with van der Waals surface area (Å²) in [6, 6.07) is 7.29. The number of amides is 1. The number of carbonyl (C=O) groups excluding carboxylic acids is 1. The van der Waals surface area contributed by atoms with Gasteiger partial charge in [0.25, 0.3) is 5.56 Å². The summed E-state index contributed by atoms with van der Waals surface area (Å²) in [5.74, 6) is -0.139. The first kappa shape index (κ1) is 14.8. The Kier molecular flexibility index (Phi) is 3.28. The lowest BCUT2D eigenvalue weighted by Gasteiger charge is -2.16. The van der Waals surface area contributed by atoms with Crippen LogP contribution < -0.4 is 10.9 Å². The SMILES string of the molecule is O=C1Nc2ccccc2CC[C@H]1n1cnc2sc3c(c2c1=O)CCC3. The number of benzene rings is 1. The van der Waals surface area contributed by atoms with Crippen LogP contribution in [0.1, 0.15) is 34.9 Å². The molecule has 1 aromatic carbocycles. The first-order chi connectivity index (χ1) is 12.2. The minimum Gasteiger partial charge on any atom is -0.324 e. The number of para-hydroxylation sites is 1. The van der Waals surface area contributed by atoms with Crippen molar-refractivity contribution >= 4 is 33.1 Å². The average Bonchev–Trinajstić information content (AvgIpc) is 3.14. The molecule has 2 aliphatic rings. The lowest BCUT2D eigenvalue weighted by Crippen LogP contribution is -2.33. The molecule has 25 heavy (non-hydrogen) atoms. The van der Waals surface area contributed by atoms with Gasteiger partial charge in [-0.1, -0.05) is 18.2 Å². The van der Waals surface area contributed by atoms with Crippen LogP contribution in [0.5, 0.6) is 0 Å². The van der Waals surface area contributed by atoms with Crippen LogP contribution in [-0.2, 0) is 24.1 Å². The number of hydrogen-bond donors (Lipinski definition) is 1. The number of fused-ring (bicyclic) bond motifs is 4. The molecule has 3 heterocycles. The van der Waals surface area contributed by atoms with E-state index in [-0.39, 0.29) is 11.5 Å². The Labute approximate surface area is 148 Å². The lowest BCUT2D eigenvalue weighted by molar-refractivity contribution is -0.119. The van der Waals surface area contributed by atoms with Crippen LogP contribution in [0.2, 0.25) is 0 Å². The average molecular weight is 351 g/mol. The predicted octanol–water partition coefficient (Wildman–Crippen LogP) is 3.07. The van der Waals surface area contributed by atoms with Crippen molar-refractivity contribution < 1.29 is 4.79 Å². The summed E-state index contributed by atoms with van der Waals surface area (Å²) in [7, 11) is 0. The molecule has 1 atom stereocenters. The van der Waals surface area contributed by atoms with E-state index in [1.807, 2.05) is 24.3 Å². The second-order valence-electron chi connectivity index (χ2n) is 6.70. The summed E-state index contributed by atoms with van der Waals surface area (Å²) in [6.45, 7) is 0. The summed E-state index contributed by atoms with van der Waals surface area (Å²) in [6.07, 6.45) is 5.99. The van der Waals surface area contributed by atoms with Gasteiger partial charge in [-0.05, 0) is 49.3 Å². The van der Waals surface area contributed by atoms with E-state index in [0.717, 1.165) is 52.7 Å².